The number of hydrogen-bond donors (Lipinski definition) is 2. The molecule has 15 heavy (non-hydrogen) atoms. The molecule has 4 nitrogen and oxygen atoms in total. The van der Waals surface area contributed by atoms with Gasteiger partial charge in [0.1, 0.15) is 11.4 Å². The summed E-state index contributed by atoms with van der Waals surface area (Å²) >= 11 is 0. The van der Waals surface area contributed by atoms with Crippen molar-refractivity contribution >= 4 is 5.97 Å². The first-order valence-electron chi connectivity index (χ1n) is 4.54. The van der Waals surface area contributed by atoms with Crippen molar-refractivity contribution in [3.63, 3.8) is 0 Å². The molecule has 1 unspecified atom stereocenters. The van der Waals surface area contributed by atoms with Crippen molar-refractivity contribution < 1.29 is 19.7 Å². The number of carboxylic acids is 1. The number of ether oxygens (including phenoxy) is 1. The Morgan fingerprint density at radius 3 is 2.80 bits per heavy atom. The molecule has 1 rings (SSSR count). The molecule has 2 N–H and O–H groups in total. The third kappa shape index (κ3) is 2.70. The number of rotatable bonds is 3. The summed E-state index contributed by atoms with van der Waals surface area (Å²) in [6.07, 6.45) is 6.22. The van der Waals surface area contributed by atoms with Crippen LogP contribution in [0.4, 0.5) is 0 Å². The van der Waals surface area contributed by atoms with Crippen LogP contribution in [0.25, 0.3) is 0 Å². The molecule has 82 valence electrons. The van der Waals surface area contributed by atoms with E-state index in [4.69, 9.17) is 9.84 Å². The van der Waals surface area contributed by atoms with Gasteiger partial charge in [0.15, 0.2) is 0 Å². The van der Waals surface area contributed by atoms with E-state index in [-0.39, 0.29) is 5.76 Å². The molecule has 0 saturated heterocycles. The molecule has 0 saturated carbocycles. The van der Waals surface area contributed by atoms with E-state index in [0.717, 1.165) is 11.6 Å². The third-order valence-electron chi connectivity index (χ3n) is 2.43. The van der Waals surface area contributed by atoms with Crippen LogP contribution in [0.2, 0.25) is 0 Å². The Morgan fingerprint density at radius 1 is 1.60 bits per heavy atom. The highest BCUT2D eigenvalue weighted by Gasteiger charge is 2.31. The van der Waals surface area contributed by atoms with Crippen LogP contribution in [-0.4, -0.2) is 28.9 Å². The van der Waals surface area contributed by atoms with Gasteiger partial charge in [0.05, 0.1) is 0 Å². The predicted molar refractivity (Wildman–Crippen MR) is 55.6 cm³/mol. The maximum atomic E-state index is 10.3. The summed E-state index contributed by atoms with van der Waals surface area (Å²) in [6, 6.07) is 0. The fourth-order valence-corrected chi connectivity index (χ4v) is 1.37. The lowest BCUT2D eigenvalue weighted by Crippen LogP contribution is -2.31. The first kappa shape index (κ1) is 11.5. The van der Waals surface area contributed by atoms with Crippen LogP contribution in [0, 0.1) is 0 Å². The lowest BCUT2D eigenvalue weighted by atomic mass is 9.89. The van der Waals surface area contributed by atoms with Crippen LogP contribution in [0.3, 0.4) is 0 Å². The highest BCUT2D eigenvalue weighted by atomic mass is 16.5. The average Bonchev–Trinajstić information content (AvgIpc) is 2.20. The van der Waals surface area contributed by atoms with Crippen molar-refractivity contribution in [2.45, 2.75) is 18.9 Å². The highest BCUT2D eigenvalue weighted by molar-refractivity contribution is 5.80. The Labute approximate surface area is 88.2 Å². The number of aliphatic hydroxyl groups is 1. The van der Waals surface area contributed by atoms with Gasteiger partial charge in [0, 0.05) is 19.6 Å². The highest BCUT2D eigenvalue weighted by Crippen LogP contribution is 2.31. The Morgan fingerprint density at radius 2 is 2.27 bits per heavy atom. The predicted octanol–water partition coefficient (Wildman–Crippen LogP) is 1.80. The first-order chi connectivity index (χ1) is 6.98. The Kier molecular flexibility index (Phi) is 3.31. The SMILES string of the molecule is COC1(C)CC(/C=C/C(=O)O)=CC=C1O. The minimum absolute atomic E-state index is 0.150. The fraction of sp³-hybridized carbons (Fsp3) is 0.364. The molecule has 0 aromatic carbocycles. The number of aliphatic carboxylic acids is 1. The van der Waals surface area contributed by atoms with E-state index in [1.807, 2.05) is 0 Å². The van der Waals surface area contributed by atoms with Crippen LogP contribution >= 0.6 is 0 Å². The van der Waals surface area contributed by atoms with Crippen molar-refractivity contribution in [3.8, 4) is 0 Å². The molecule has 1 aliphatic carbocycles. The minimum Gasteiger partial charge on any atom is -0.509 e. The molecular weight excluding hydrogens is 196 g/mol. The van der Waals surface area contributed by atoms with Crippen molar-refractivity contribution in [1.29, 1.82) is 0 Å². The quantitative estimate of drug-likeness (QED) is 0.697. The molecule has 0 aromatic rings. The lowest BCUT2D eigenvalue weighted by molar-refractivity contribution is -0.131. The van der Waals surface area contributed by atoms with Gasteiger partial charge in [-0.05, 0) is 18.6 Å². The zero-order chi connectivity index (χ0) is 11.5. The van der Waals surface area contributed by atoms with Crippen LogP contribution in [0.5, 0.6) is 0 Å². The first-order valence-corrected chi connectivity index (χ1v) is 4.54. The van der Waals surface area contributed by atoms with Crippen LogP contribution in [0.15, 0.2) is 35.6 Å². The van der Waals surface area contributed by atoms with Gasteiger partial charge in [0.25, 0.3) is 0 Å². The van der Waals surface area contributed by atoms with Gasteiger partial charge in [-0.15, -0.1) is 0 Å². The van der Waals surface area contributed by atoms with Gasteiger partial charge in [-0.25, -0.2) is 4.79 Å². The van der Waals surface area contributed by atoms with Gasteiger partial charge in [-0.1, -0.05) is 12.2 Å². The van der Waals surface area contributed by atoms with Gasteiger partial charge in [-0.2, -0.15) is 0 Å². The number of methoxy groups -OCH3 is 1. The molecular formula is C11H14O4. The molecule has 1 aliphatic rings. The maximum absolute atomic E-state index is 10.3. The Balaban J connectivity index is 2.85. The second-order valence-electron chi connectivity index (χ2n) is 3.58. The van der Waals surface area contributed by atoms with Gasteiger partial charge >= 0.3 is 5.97 Å². The fourth-order valence-electron chi connectivity index (χ4n) is 1.37. The van der Waals surface area contributed by atoms with Gasteiger partial charge in [-0.3, -0.25) is 0 Å². The lowest BCUT2D eigenvalue weighted by Gasteiger charge is -2.30. The van der Waals surface area contributed by atoms with Gasteiger partial charge in [0.2, 0.25) is 0 Å². The van der Waals surface area contributed by atoms with E-state index < -0.39 is 11.6 Å². The van der Waals surface area contributed by atoms with Crippen LogP contribution < -0.4 is 0 Å². The van der Waals surface area contributed by atoms with E-state index in [0.29, 0.717) is 6.42 Å². The van der Waals surface area contributed by atoms with E-state index >= 15 is 0 Å². The molecule has 0 heterocycles. The largest absolute Gasteiger partial charge is 0.509 e. The molecule has 0 aliphatic heterocycles. The summed E-state index contributed by atoms with van der Waals surface area (Å²) < 4.78 is 5.19. The summed E-state index contributed by atoms with van der Waals surface area (Å²) in [6.45, 7) is 1.75. The molecule has 4 heteroatoms. The zero-order valence-corrected chi connectivity index (χ0v) is 8.73. The minimum atomic E-state index is -0.992. The van der Waals surface area contributed by atoms with Crippen molar-refractivity contribution in [2.75, 3.05) is 7.11 Å². The average molecular weight is 210 g/mol. The summed E-state index contributed by atoms with van der Waals surface area (Å²) in [5, 5.41) is 18.0. The molecule has 0 bridgehead atoms. The number of carboxylic acid groups (broad SMARTS) is 1. The molecule has 0 radical (unpaired) electrons. The van der Waals surface area contributed by atoms with Crippen LogP contribution in [0.1, 0.15) is 13.3 Å². The number of hydrogen-bond acceptors (Lipinski definition) is 3. The van der Waals surface area contributed by atoms with Crippen molar-refractivity contribution in [2.24, 2.45) is 0 Å². The van der Waals surface area contributed by atoms with Crippen LogP contribution in [-0.2, 0) is 9.53 Å². The summed E-state index contributed by atoms with van der Waals surface area (Å²) in [7, 11) is 1.51. The molecule has 0 amide bonds. The maximum Gasteiger partial charge on any atom is 0.328 e. The van der Waals surface area contributed by atoms with E-state index in [1.165, 1.54) is 19.3 Å². The number of carbonyl (C=O) groups is 1. The van der Waals surface area contributed by atoms with Crippen molar-refractivity contribution in [3.05, 3.63) is 35.6 Å². The summed E-state index contributed by atoms with van der Waals surface area (Å²) in [5.41, 5.74) is 0.0481. The van der Waals surface area contributed by atoms with E-state index in [2.05, 4.69) is 0 Å². The Hall–Kier alpha value is -1.55. The Bertz CT molecular complexity index is 352. The monoisotopic (exact) mass is 210 g/mol. The van der Waals surface area contributed by atoms with E-state index in [1.54, 1.807) is 13.0 Å². The second kappa shape index (κ2) is 4.31. The standard InChI is InChI=1S/C11H14O4/c1-11(15-2)7-8(3-5-9(11)12)4-6-10(13)14/h3-6,12H,7H2,1-2H3,(H,13,14)/b6-4+. The second-order valence-corrected chi connectivity index (χ2v) is 3.58. The molecule has 0 fully saturated rings. The topological polar surface area (TPSA) is 66.8 Å². The van der Waals surface area contributed by atoms with E-state index in [9.17, 15) is 9.90 Å². The molecule has 0 spiro atoms. The normalized spacial score (nSPS) is 26.3. The molecule has 0 aromatic heterocycles. The smallest absolute Gasteiger partial charge is 0.328 e. The summed E-state index contributed by atoms with van der Waals surface area (Å²) in [4.78, 5) is 10.3. The summed E-state index contributed by atoms with van der Waals surface area (Å²) in [5.74, 6) is -0.841. The number of allylic oxidation sites excluding steroid dienone is 3. The van der Waals surface area contributed by atoms with Crippen molar-refractivity contribution in [1.82, 2.24) is 0 Å². The zero-order valence-electron chi connectivity index (χ0n) is 8.73. The van der Waals surface area contributed by atoms with Gasteiger partial charge < -0.3 is 14.9 Å². The molecule has 1 atom stereocenters. The third-order valence-corrected chi connectivity index (χ3v) is 2.43. The number of aliphatic hydroxyl groups excluding tert-OH is 1.